The minimum atomic E-state index is -0.810. The number of imidazole rings is 1. The molecule has 0 saturated heterocycles. The summed E-state index contributed by atoms with van der Waals surface area (Å²) < 4.78 is 35.3. The Balaban J connectivity index is 1.93. The minimum absolute atomic E-state index is 0.317. The van der Waals surface area contributed by atoms with Gasteiger partial charge in [-0.25, -0.2) is 18.6 Å². The third-order valence-electron chi connectivity index (χ3n) is 4.99. The van der Waals surface area contributed by atoms with Crippen LogP contribution in [0.25, 0.3) is 0 Å². The lowest BCUT2D eigenvalue weighted by molar-refractivity contribution is 0.00948. The van der Waals surface area contributed by atoms with Crippen LogP contribution in [-0.2, 0) is 24.1 Å². The first-order valence-electron chi connectivity index (χ1n) is 9.89. The second kappa shape index (κ2) is 8.71. The molecule has 1 aliphatic heterocycles. The molecule has 0 bridgehead atoms. The average Bonchev–Trinajstić information content (AvgIpc) is 2.98. The number of hydrogen-bond acceptors (Lipinski definition) is 3. The van der Waals surface area contributed by atoms with Crippen LogP contribution in [0.5, 0.6) is 0 Å². The van der Waals surface area contributed by atoms with Crippen molar-refractivity contribution in [2.75, 3.05) is 6.54 Å². The maximum Gasteiger partial charge on any atom is 0.410 e. The summed E-state index contributed by atoms with van der Waals surface area (Å²) in [5.74, 6) is -0.779. The largest absolute Gasteiger partial charge is 0.444 e. The van der Waals surface area contributed by atoms with Gasteiger partial charge in [0.1, 0.15) is 28.1 Å². The fourth-order valence-electron chi connectivity index (χ4n) is 3.72. The molecule has 9 heteroatoms. The lowest BCUT2D eigenvalue weighted by Gasteiger charge is -2.38. The molecule has 2 heterocycles. The highest BCUT2D eigenvalue weighted by Gasteiger charge is 2.37. The molecule has 1 aromatic heterocycles. The number of nitrogens with zero attached hydrogens (tertiary/aromatic N) is 3. The van der Waals surface area contributed by atoms with E-state index < -0.39 is 34.4 Å². The number of carbonyl (C=O) groups is 1. The van der Waals surface area contributed by atoms with E-state index in [1.165, 1.54) is 12.1 Å². The Bertz CT molecular complexity index is 933. The molecule has 0 spiro atoms. The smallest absolute Gasteiger partial charge is 0.410 e. The van der Waals surface area contributed by atoms with E-state index in [-0.39, 0.29) is 0 Å². The molecule has 2 aromatic rings. The molecule has 0 fully saturated rings. The van der Waals surface area contributed by atoms with Crippen molar-refractivity contribution >= 4 is 29.3 Å². The number of hydrogen-bond donors (Lipinski definition) is 0. The summed E-state index contributed by atoms with van der Waals surface area (Å²) >= 11 is 12.0. The Kier molecular flexibility index (Phi) is 6.63. The SMILES string of the molecule is CCc1nc(Cl)c2n1CCN(C(=O)OC(C)(C)C)C2CCc1cc(F)c(Cl)c(F)c1. The van der Waals surface area contributed by atoms with Crippen LogP contribution in [-0.4, -0.2) is 32.7 Å². The van der Waals surface area contributed by atoms with Crippen molar-refractivity contribution in [2.45, 2.75) is 65.1 Å². The number of carbonyl (C=O) groups excluding carboxylic acids is 1. The summed E-state index contributed by atoms with van der Waals surface area (Å²) in [5.41, 5.74) is 0.516. The highest BCUT2D eigenvalue weighted by atomic mass is 35.5. The maximum absolute atomic E-state index is 13.9. The monoisotopic (exact) mass is 459 g/mol. The molecule has 0 N–H and O–H groups in total. The molecular formula is C21H25Cl2F2N3O2. The van der Waals surface area contributed by atoms with Gasteiger partial charge in [-0.05, 0) is 51.3 Å². The van der Waals surface area contributed by atoms with Crippen molar-refractivity contribution in [3.8, 4) is 0 Å². The van der Waals surface area contributed by atoms with Gasteiger partial charge >= 0.3 is 6.09 Å². The number of fused-ring (bicyclic) bond motifs is 1. The van der Waals surface area contributed by atoms with Gasteiger partial charge < -0.3 is 9.30 Å². The number of ether oxygens (including phenoxy) is 1. The van der Waals surface area contributed by atoms with Crippen molar-refractivity contribution in [1.29, 1.82) is 0 Å². The van der Waals surface area contributed by atoms with Gasteiger partial charge in [-0.3, -0.25) is 4.90 Å². The highest BCUT2D eigenvalue weighted by molar-refractivity contribution is 6.31. The molecule has 1 atom stereocenters. The zero-order chi connectivity index (χ0) is 22.2. The van der Waals surface area contributed by atoms with E-state index in [9.17, 15) is 13.6 Å². The van der Waals surface area contributed by atoms with Gasteiger partial charge in [0.15, 0.2) is 5.15 Å². The first kappa shape index (κ1) is 22.8. The summed E-state index contributed by atoms with van der Waals surface area (Å²) in [6.07, 6.45) is 0.959. The van der Waals surface area contributed by atoms with Crippen molar-refractivity contribution in [1.82, 2.24) is 14.5 Å². The molecule has 0 saturated carbocycles. The van der Waals surface area contributed by atoms with Crippen LogP contribution in [0.1, 0.15) is 57.2 Å². The number of benzene rings is 1. The Morgan fingerprint density at radius 2 is 1.87 bits per heavy atom. The fraction of sp³-hybridized carbons (Fsp3) is 0.524. The van der Waals surface area contributed by atoms with Crippen LogP contribution in [0.4, 0.5) is 13.6 Å². The first-order chi connectivity index (χ1) is 14.0. The van der Waals surface area contributed by atoms with Crippen LogP contribution in [0.2, 0.25) is 10.2 Å². The second-order valence-corrected chi connectivity index (χ2v) is 9.05. The summed E-state index contributed by atoms with van der Waals surface area (Å²) in [4.78, 5) is 18.9. The number of rotatable bonds is 4. The number of amides is 1. The van der Waals surface area contributed by atoms with Crippen LogP contribution >= 0.6 is 23.2 Å². The molecule has 1 amide bonds. The number of aromatic nitrogens is 2. The topological polar surface area (TPSA) is 47.4 Å². The lowest BCUT2D eigenvalue weighted by atomic mass is 10.00. The Morgan fingerprint density at radius 3 is 2.43 bits per heavy atom. The standard InChI is InChI=1S/C21H25Cl2F2N3O2/c1-5-16-26-19(23)18-15(7-6-12-10-13(24)17(22)14(25)11-12)27(8-9-28(16)18)20(29)30-21(2,3)4/h10-11,15H,5-9H2,1-4H3. The van der Waals surface area contributed by atoms with E-state index in [0.717, 1.165) is 11.5 Å². The predicted octanol–water partition coefficient (Wildman–Crippen LogP) is 5.96. The first-order valence-corrected chi connectivity index (χ1v) is 10.6. The molecule has 5 nitrogen and oxygen atoms in total. The van der Waals surface area contributed by atoms with Crippen molar-refractivity contribution in [3.63, 3.8) is 0 Å². The molecule has 30 heavy (non-hydrogen) atoms. The van der Waals surface area contributed by atoms with Crippen LogP contribution in [0.15, 0.2) is 12.1 Å². The van der Waals surface area contributed by atoms with E-state index in [1.54, 1.807) is 25.7 Å². The Morgan fingerprint density at radius 1 is 1.23 bits per heavy atom. The second-order valence-electron chi connectivity index (χ2n) is 8.31. The molecule has 0 aliphatic carbocycles. The van der Waals surface area contributed by atoms with Gasteiger partial charge in [-0.2, -0.15) is 0 Å². The van der Waals surface area contributed by atoms with Gasteiger partial charge in [0.25, 0.3) is 0 Å². The van der Waals surface area contributed by atoms with Crippen molar-refractivity contribution in [3.05, 3.63) is 51.0 Å². The van der Waals surface area contributed by atoms with Crippen LogP contribution in [0.3, 0.4) is 0 Å². The highest BCUT2D eigenvalue weighted by Crippen LogP contribution is 2.36. The molecule has 1 aromatic carbocycles. The summed E-state index contributed by atoms with van der Waals surface area (Å²) in [6, 6.07) is 1.99. The molecule has 1 aliphatic rings. The third kappa shape index (κ3) is 4.72. The molecule has 3 rings (SSSR count). The predicted molar refractivity (Wildman–Crippen MR) is 112 cm³/mol. The van der Waals surface area contributed by atoms with E-state index in [4.69, 9.17) is 27.9 Å². The normalized spacial score (nSPS) is 16.5. The summed E-state index contributed by atoms with van der Waals surface area (Å²) in [5, 5.41) is -0.195. The zero-order valence-electron chi connectivity index (χ0n) is 17.4. The van der Waals surface area contributed by atoms with E-state index >= 15 is 0 Å². The maximum atomic E-state index is 13.9. The van der Waals surface area contributed by atoms with Gasteiger partial charge in [-0.1, -0.05) is 30.1 Å². The van der Waals surface area contributed by atoms with Gasteiger partial charge in [-0.15, -0.1) is 0 Å². The van der Waals surface area contributed by atoms with Crippen molar-refractivity contribution in [2.24, 2.45) is 0 Å². The van der Waals surface area contributed by atoms with Crippen LogP contribution in [0, 0.1) is 11.6 Å². The van der Waals surface area contributed by atoms with Crippen LogP contribution < -0.4 is 0 Å². The number of aryl methyl sites for hydroxylation is 2. The Hall–Kier alpha value is -1.86. The van der Waals surface area contributed by atoms with E-state index in [0.29, 0.717) is 43.1 Å². The Labute approximate surface area is 184 Å². The van der Waals surface area contributed by atoms with E-state index in [2.05, 4.69) is 4.98 Å². The molecular weight excluding hydrogens is 435 g/mol. The van der Waals surface area contributed by atoms with E-state index in [1.807, 2.05) is 11.5 Å². The third-order valence-corrected chi connectivity index (χ3v) is 5.63. The van der Waals surface area contributed by atoms with Crippen molar-refractivity contribution < 1.29 is 18.3 Å². The number of halogens is 4. The lowest BCUT2D eigenvalue weighted by Crippen LogP contribution is -2.45. The fourth-order valence-corrected chi connectivity index (χ4v) is 4.15. The zero-order valence-corrected chi connectivity index (χ0v) is 18.9. The van der Waals surface area contributed by atoms with Gasteiger partial charge in [0.2, 0.25) is 0 Å². The molecule has 0 radical (unpaired) electrons. The van der Waals surface area contributed by atoms with Gasteiger partial charge in [0, 0.05) is 19.5 Å². The summed E-state index contributed by atoms with van der Waals surface area (Å²) in [7, 11) is 0. The average molecular weight is 460 g/mol. The molecule has 164 valence electrons. The quantitative estimate of drug-likeness (QED) is 0.530. The minimum Gasteiger partial charge on any atom is -0.444 e. The molecule has 1 unspecified atom stereocenters. The summed E-state index contributed by atoms with van der Waals surface area (Å²) in [6.45, 7) is 8.37. The van der Waals surface area contributed by atoms with Gasteiger partial charge in [0.05, 0.1) is 11.7 Å².